The van der Waals surface area contributed by atoms with Crippen molar-refractivity contribution in [3.63, 3.8) is 0 Å². The molecule has 1 aliphatic heterocycles. The van der Waals surface area contributed by atoms with Crippen molar-refractivity contribution in [1.82, 2.24) is 0 Å². The first-order valence-electron chi connectivity index (χ1n) is 5.90. The fourth-order valence-corrected chi connectivity index (χ4v) is 2.90. The number of alkyl halides is 1. The summed E-state index contributed by atoms with van der Waals surface area (Å²) in [7, 11) is -3.49. The highest BCUT2D eigenvalue weighted by Crippen LogP contribution is 2.30. The molecule has 0 spiro atoms. The molecule has 0 bridgehead atoms. The van der Waals surface area contributed by atoms with Crippen molar-refractivity contribution in [1.29, 1.82) is 0 Å². The Hall–Kier alpha value is -1.27. The molecule has 7 heteroatoms. The van der Waals surface area contributed by atoms with Crippen molar-refractivity contribution in [2.45, 2.75) is 19.8 Å². The Balaban J connectivity index is 2.32. The first-order valence-corrected chi connectivity index (χ1v) is 8.09. The minimum atomic E-state index is -3.49. The number of carbonyl (C=O) groups excluding carboxylic acids is 1. The fourth-order valence-electron chi connectivity index (χ4n) is 2.19. The van der Waals surface area contributed by atoms with Crippen LogP contribution in [-0.4, -0.2) is 26.1 Å². The number of hydrogen-bond acceptors (Lipinski definition) is 3. The molecule has 0 atom stereocenters. The zero-order valence-electron chi connectivity index (χ0n) is 10.5. The van der Waals surface area contributed by atoms with E-state index in [2.05, 4.69) is 4.72 Å². The van der Waals surface area contributed by atoms with Crippen LogP contribution in [0.3, 0.4) is 0 Å². The minimum Gasteiger partial charge on any atom is -0.312 e. The Kier molecular flexibility index (Phi) is 4.01. The largest absolute Gasteiger partial charge is 0.312 e. The molecule has 0 unspecified atom stereocenters. The van der Waals surface area contributed by atoms with E-state index in [0.29, 0.717) is 12.2 Å². The molecule has 0 fully saturated rings. The van der Waals surface area contributed by atoms with E-state index in [9.17, 15) is 13.2 Å². The first kappa shape index (κ1) is 14.1. The highest BCUT2D eigenvalue weighted by atomic mass is 35.5. The van der Waals surface area contributed by atoms with Crippen LogP contribution in [0.1, 0.15) is 18.9 Å². The Labute approximate surface area is 117 Å². The van der Waals surface area contributed by atoms with Crippen molar-refractivity contribution in [2.24, 2.45) is 0 Å². The first-order chi connectivity index (χ1) is 8.93. The van der Waals surface area contributed by atoms with E-state index < -0.39 is 15.2 Å². The van der Waals surface area contributed by atoms with Gasteiger partial charge in [0.2, 0.25) is 15.9 Å². The normalized spacial score (nSPS) is 14.9. The molecule has 0 aromatic heterocycles. The Morgan fingerprint density at radius 3 is 2.84 bits per heavy atom. The zero-order valence-corrected chi connectivity index (χ0v) is 12.1. The van der Waals surface area contributed by atoms with Gasteiger partial charge in [0.15, 0.2) is 0 Å². The monoisotopic (exact) mass is 302 g/mol. The van der Waals surface area contributed by atoms with Crippen LogP contribution < -0.4 is 9.62 Å². The third-order valence-corrected chi connectivity index (χ3v) is 4.69. The third-order valence-electron chi connectivity index (χ3n) is 3.00. The maximum absolute atomic E-state index is 11.5. The Bertz CT molecular complexity index is 601. The predicted molar refractivity (Wildman–Crippen MR) is 76.1 cm³/mol. The summed E-state index contributed by atoms with van der Waals surface area (Å²) < 4.78 is 25.2. The highest BCUT2D eigenvalue weighted by Gasteiger charge is 2.20. The second-order valence-corrected chi connectivity index (χ2v) is 6.75. The van der Waals surface area contributed by atoms with E-state index in [0.717, 1.165) is 24.1 Å². The van der Waals surface area contributed by atoms with E-state index in [1.807, 2.05) is 0 Å². The Morgan fingerprint density at radius 1 is 1.47 bits per heavy atom. The summed E-state index contributed by atoms with van der Waals surface area (Å²) in [5.74, 6) is -0.00459. The minimum absolute atomic E-state index is 0.00459. The van der Waals surface area contributed by atoms with Crippen molar-refractivity contribution in [3.05, 3.63) is 23.8 Å². The standard InChI is InChI=1S/C12H15ClN2O3S/c1-9(16)15-6-2-3-10-7-11(4-5-12(10)15)14-19(17,18)8-13/h4-5,7,14H,2-3,6,8H2,1H3. The van der Waals surface area contributed by atoms with Crippen LogP contribution in [0.5, 0.6) is 0 Å². The molecular formula is C12H15ClN2O3S. The molecule has 1 aliphatic rings. The number of nitrogens with one attached hydrogen (secondary N) is 1. The number of hydrogen-bond donors (Lipinski definition) is 1. The van der Waals surface area contributed by atoms with Gasteiger partial charge >= 0.3 is 0 Å². The van der Waals surface area contributed by atoms with Gasteiger partial charge in [0.05, 0.1) is 0 Å². The second kappa shape index (κ2) is 5.38. The SMILES string of the molecule is CC(=O)N1CCCc2cc(NS(=O)(=O)CCl)ccc21. The van der Waals surface area contributed by atoms with Crippen LogP contribution in [0.4, 0.5) is 11.4 Å². The Morgan fingerprint density at radius 2 is 2.21 bits per heavy atom. The van der Waals surface area contributed by atoms with E-state index in [4.69, 9.17) is 11.6 Å². The highest BCUT2D eigenvalue weighted by molar-refractivity contribution is 7.93. The van der Waals surface area contributed by atoms with Gasteiger partial charge in [-0.3, -0.25) is 9.52 Å². The van der Waals surface area contributed by atoms with Gasteiger partial charge in [-0.05, 0) is 36.6 Å². The summed E-state index contributed by atoms with van der Waals surface area (Å²) >= 11 is 5.35. The fraction of sp³-hybridized carbons (Fsp3) is 0.417. The van der Waals surface area contributed by atoms with E-state index in [-0.39, 0.29) is 5.91 Å². The number of nitrogens with zero attached hydrogens (tertiary/aromatic N) is 1. The summed E-state index contributed by atoms with van der Waals surface area (Å²) in [5, 5.41) is -0.482. The van der Waals surface area contributed by atoms with Gasteiger partial charge in [-0.15, -0.1) is 11.6 Å². The van der Waals surface area contributed by atoms with Crippen molar-refractivity contribution >= 4 is 38.9 Å². The second-order valence-electron chi connectivity index (χ2n) is 4.44. The molecular weight excluding hydrogens is 288 g/mol. The molecule has 0 radical (unpaired) electrons. The van der Waals surface area contributed by atoms with Gasteiger partial charge < -0.3 is 4.90 Å². The lowest BCUT2D eigenvalue weighted by molar-refractivity contribution is -0.116. The predicted octanol–water partition coefficient (Wildman–Crippen LogP) is 1.92. The van der Waals surface area contributed by atoms with Gasteiger partial charge in [0.1, 0.15) is 5.21 Å². The smallest absolute Gasteiger partial charge is 0.246 e. The molecule has 1 aromatic rings. The van der Waals surface area contributed by atoms with Crippen molar-refractivity contribution < 1.29 is 13.2 Å². The maximum atomic E-state index is 11.5. The summed E-state index contributed by atoms with van der Waals surface area (Å²) in [5.41, 5.74) is 2.30. The van der Waals surface area contributed by atoms with Crippen LogP contribution in [-0.2, 0) is 21.2 Å². The van der Waals surface area contributed by atoms with E-state index in [1.54, 1.807) is 23.1 Å². The summed E-state index contributed by atoms with van der Waals surface area (Å²) in [6.45, 7) is 2.23. The summed E-state index contributed by atoms with van der Waals surface area (Å²) in [4.78, 5) is 13.2. The summed E-state index contributed by atoms with van der Waals surface area (Å²) in [6, 6.07) is 5.17. The molecule has 0 saturated carbocycles. The summed E-state index contributed by atoms with van der Waals surface area (Å²) in [6.07, 6.45) is 1.70. The van der Waals surface area contributed by atoms with Crippen molar-refractivity contribution in [2.75, 3.05) is 21.4 Å². The van der Waals surface area contributed by atoms with Gasteiger partial charge in [-0.2, -0.15) is 0 Å². The number of fused-ring (bicyclic) bond motifs is 1. The number of amides is 1. The molecule has 0 saturated heterocycles. The quantitative estimate of drug-likeness (QED) is 0.868. The molecule has 1 N–H and O–H groups in total. The van der Waals surface area contributed by atoms with E-state index in [1.165, 1.54) is 6.92 Å². The molecule has 0 aliphatic carbocycles. The number of aryl methyl sites for hydroxylation is 1. The number of halogens is 1. The lowest BCUT2D eigenvalue weighted by atomic mass is 10.0. The topological polar surface area (TPSA) is 66.5 Å². The molecule has 1 aromatic carbocycles. The van der Waals surface area contributed by atoms with E-state index >= 15 is 0 Å². The van der Waals surface area contributed by atoms with Crippen LogP contribution in [0.15, 0.2) is 18.2 Å². The maximum Gasteiger partial charge on any atom is 0.246 e. The van der Waals surface area contributed by atoms with Gasteiger partial charge in [-0.25, -0.2) is 8.42 Å². The molecule has 5 nitrogen and oxygen atoms in total. The molecule has 104 valence electrons. The van der Waals surface area contributed by atoms with Gasteiger partial charge in [0.25, 0.3) is 0 Å². The van der Waals surface area contributed by atoms with Crippen LogP contribution >= 0.6 is 11.6 Å². The number of sulfonamides is 1. The lowest BCUT2D eigenvalue weighted by Crippen LogP contribution is -2.33. The molecule has 19 heavy (non-hydrogen) atoms. The third kappa shape index (κ3) is 3.19. The molecule has 2 rings (SSSR count). The van der Waals surface area contributed by atoms with Crippen LogP contribution in [0.25, 0.3) is 0 Å². The lowest BCUT2D eigenvalue weighted by Gasteiger charge is -2.28. The number of carbonyl (C=O) groups is 1. The zero-order chi connectivity index (χ0) is 14.0. The van der Waals surface area contributed by atoms with Crippen molar-refractivity contribution in [3.8, 4) is 0 Å². The number of rotatable bonds is 3. The number of benzene rings is 1. The molecule has 1 heterocycles. The van der Waals surface area contributed by atoms with Crippen LogP contribution in [0.2, 0.25) is 0 Å². The van der Waals surface area contributed by atoms with Gasteiger partial charge in [-0.1, -0.05) is 0 Å². The molecule has 1 amide bonds. The van der Waals surface area contributed by atoms with Gasteiger partial charge in [0, 0.05) is 24.8 Å². The average molecular weight is 303 g/mol. The number of anilines is 2. The van der Waals surface area contributed by atoms with Crippen LogP contribution in [0, 0.1) is 0 Å². The average Bonchev–Trinajstić information content (AvgIpc) is 2.37.